The fraction of sp³-hybridized carbons (Fsp3) is 0.217. The van der Waals surface area contributed by atoms with Gasteiger partial charge in [0.05, 0.1) is 16.3 Å². The molecule has 0 amide bonds. The van der Waals surface area contributed by atoms with E-state index in [0.29, 0.717) is 30.3 Å². The third-order valence-electron chi connectivity index (χ3n) is 5.21. The maximum absolute atomic E-state index is 13.1. The van der Waals surface area contributed by atoms with Crippen LogP contribution in [0.2, 0.25) is 0 Å². The smallest absolute Gasteiger partial charge is 0.264 e. The zero-order chi connectivity index (χ0) is 21.3. The average molecular weight is 422 g/mol. The van der Waals surface area contributed by atoms with Gasteiger partial charge < -0.3 is 5.11 Å². The zero-order valence-corrected chi connectivity index (χ0v) is 17.7. The molecule has 1 aliphatic rings. The lowest BCUT2D eigenvalue weighted by Crippen LogP contribution is -2.29. The summed E-state index contributed by atoms with van der Waals surface area (Å²) in [6.07, 6.45) is 0.709. The topological polar surface area (TPSA) is 82.3 Å². The molecule has 0 unspecified atom stereocenters. The summed E-state index contributed by atoms with van der Waals surface area (Å²) in [6, 6.07) is 19.1. The normalized spacial score (nSPS) is 13.9. The summed E-state index contributed by atoms with van der Waals surface area (Å²) in [4.78, 5) is 0.211. The average Bonchev–Trinajstić information content (AvgIpc) is 3.18. The van der Waals surface area contributed by atoms with Crippen LogP contribution < -0.4 is 4.31 Å². The van der Waals surface area contributed by atoms with Crippen LogP contribution in [0.25, 0.3) is 0 Å². The zero-order valence-electron chi connectivity index (χ0n) is 16.9. The highest BCUT2D eigenvalue weighted by molar-refractivity contribution is 7.92. The number of hydrogen-bond donors (Lipinski definition) is 1. The highest BCUT2D eigenvalue weighted by Gasteiger charge is 2.30. The molecule has 7 heteroatoms. The number of azo groups is 1. The molecule has 1 heterocycles. The van der Waals surface area contributed by atoms with Crippen molar-refractivity contribution in [3.05, 3.63) is 77.9 Å². The monoisotopic (exact) mass is 421 g/mol. The molecular weight excluding hydrogens is 398 g/mol. The molecule has 30 heavy (non-hydrogen) atoms. The summed E-state index contributed by atoms with van der Waals surface area (Å²) in [6.45, 7) is 4.56. The van der Waals surface area contributed by atoms with Crippen LogP contribution in [-0.4, -0.2) is 20.1 Å². The van der Waals surface area contributed by atoms with E-state index in [1.165, 1.54) is 16.4 Å². The maximum Gasteiger partial charge on any atom is 0.264 e. The van der Waals surface area contributed by atoms with Crippen LogP contribution in [0.5, 0.6) is 5.75 Å². The van der Waals surface area contributed by atoms with Crippen molar-refractivity contribution in [3.63, 3.8) is 0 Å². The summed E-state index contributed by atoms with van der Waals surface area (Å²) in [5.74, 6) is 0.356. The van der Waals surface area contributed by atoms with Gasteiger partial charge in [0.1, 0.15) is 11.4 Å². The van der Waals surface area contributed by atoms with Crippen LogP contribution in [0.15, 0.2) is 81.9 Å². The lowest BCUT2D eigenvalue weighted by Gasteiger charge is -2.19. The molecule has 1 aliphatic heterocycles. The summed E-state index contributed by atoms with van der Waals surface area (Å²) in [7, 11) is -3.64. The Balaban J connectivity index is 1.57. The molecule has 0 saturated carbocycles. The van der Waals surface area contributed by atoms with Crippen LogP contribution in [-0.2, 0) is 16.4 Å². The Kier molecular flexibility index (Phi) is 5.30. The minimum absolute atomic E-state index is 0.0510. The van der Waals surface area contributed by atoms with E-state index >= 15 is 0 Å². The Morgan fingerprint density at radius 1 is 0.967 bits per heavy atom. The third-order valence-corrected chi connectivity index (χ3v) is 7.04. The van der Waals surface area contributed by atoms with Gasteiger partial charge >= 0.3 is 0 Å². The number of benzene rings is 3. The van der Waals surface area contributed by atoms with Crippen LogP contribution in [0.3, 0.4) is 0 Å². The van der Waals surface area contributed by atoms with Gasteiger partial charge in [-0.25, -0.2) is 8.42 Å². The molecule has 0 spiro atoms. The van der Waals surface area contributed by atoms with Crippen molar-refractivity contribution >= 4 is 27.1 Å². The van der Waals surface area contributed by atoms with Crippen molar-refractivity contribution in [1.82, 2.24) is 0 Å². The number of para-hydroxylation sites is 1. The highest BCUT2D eigenvalue weighted by atomic mass is 32.2. The van der Waals surface area contributed by atoms with E-state index in [9.17, 15) is 13.5 Å². The van der Waals surface area contributed by atoms with Gasteiger partial charge in [0, 0.05) is 6.54 Å². The molecule has 0 bridgehead atoms. The number of aromatic hydroxyl groups is 1. The number of hydrogen-bond acceptors (Lipinski definition) is 5. The second kappa shape index (κ2) is 7.91. The Hall–Kier alpha value is -3.19. The van der Waals surface area contributed by atoms with Gasteiger partial charge in [0.25, 0.3) is 10.0 Å². The van der Waals surface area contributed by atoms with Crippen LogP contribution in [0.1, 0.15) is 30.9 Å². The molecule has 3 aromatic carbocycles. The predicted molar refractivity (Wildman–Crippen MR) is 117 cm³/mol. The Morgan fingerprint density at radius 2 is 1.70 bits per heavy atom. The standard InChI is InChI=1S/C23H23N3O3S/c1-16(2)18-7-12-23(27)21(15-18)25-24-19-8-10-20(11-9-19)30(28,29)26-14-13-17-5-3-4-6-22(17)26/h3-12,15-16,27H,13-14H2,1-2H3. The maximum atomic E-state index is 13.1. The minimum Gasteiger partial charge on any atom is -0.506 e. The van der Waals surface area contributed by atoms with Gasteiger partial charge in [-0.1, -0.05) is 38.1 Å². The Labute approximate surface area is 176 Å². The van der Waals surface area contributed by atoms with Gasteiger partial charge in [0.2, 0.25) is 0 Å². The van der Waals surface area contributed by atoms with Crippen molar-refractivity contribution in [3.8, 4) is 5.75 Å². The Bertz CT molecular complexity index is 1200. The first-order valence-electron chi connectivity index (χ1n) is 9.81. The largest absolute Gasteiger partial charge is 0.506 e. The molecule has 1 N–H and O–H groups in total. The van der Waals surface area contributed by atoms with Crippen molar-refractivity contribution in [2.45, 2.75) is 31.1 Å². The Morgan fingerprint density at radius 3 is 2.43 bits per heavy atom. The van der Waals surface area contributed by atoms with Crippen molar-refractivity contribution in [2.24, 2.45) is 10.2 Å². The quantitative estimate of drug-likeness (QED) is 0.538. The van der Waals surface area contributed by atoms with Crippen molar-refractivity contribution in [2.75, 3.05) is 10.8 Å². The molecule has 3 aromatic rings. The molecular formula is C23H23N3O3S. The predicted octanol–water partition coefficient (Wildman–Crippen LogP) is 5.68. The second-order valence-electron chi connectivity index (χ2n) is 7.55. The molecule has 4 rings (SSSR count). The van der Waals surface area contributed by atoms with Crippen LogP contribution in [0.4, 0.5) is 17.1 Å². The van der Waals surface area contributed by atoms with Crippen molar-refractivity contribution < 1.29 is 13.5 Å². The molecule has 154 valence electrons. The molecule has 0 atom stereocenters. The fourth-order valence-corrected chi connectivity index (χ4v) is 4.96. The van der Waals surface area contributed by atoms with Crippen molar-refractivity contribution in [1.29, 1.82) is 0 Å². The molecule has 6 nitrogen and oxygen atoms in total. The number of nitrogens with zero attached hydrogens (tertiary/aromatic N) is 3. The fourth-order valence-electron chi connectivity index (χ4n) is 3.46. The number of phenolic OH excluding ortho intramolecular Hbond substituents is 1. The molecule has 0 radical (unpaired) electrons. The first kappa shape index (κ1) is 20.1. The first-order chi connectivity index (χ1) is 14.4. The summed E-state index contributed by atoms with van der Waals surface area (Å²) >= 11 is 0. The van der Waals surface area contributed by atoms with E-state index in [1.807, 2.05) is 30.3 Å². The van der Waals surface area contributed by atoms with E-state index in [-0.39, 0.29) is 10.6 Å². The summed E-state index contributed by atoms with van der Waals surface area (Å²) in [5.41, 5.74) is 3.71. The molecule has 0 fully saturated rings. The molecule has 0 aliphatic carbocycles. The number of rotatable bonds is 5. The van der Waals surface area contributed by atoms with Gasteiger partial charge in [-0.2, -0.15) is 5.11 Å². The van der Waals surface area contributed by atoms with Crippen LogP contribution >= 0.6 is 0 Å². The first-order valence-corrected chi connectivity index (χ1v) is 11.3. The van der Waals surface area contributed by atoms with E-state index in [0.717, 1.165) is 16.8 Å². The number of sulfonamides is 1. The van der Waals surface area contributed by atoms with E-state index in [4.69, 9.17) is 0 Å². The van der Waals surface area contributed by atoms with Crippen LogP contribution in [0, 0.1) is 0 Å². The number of anilines is 1. The lowest BCUT2D eigenvalue weighted by atomic mass is 10.0. The van der Waals surface area contributed by atoms with Gasteiger partial charge in [-0.15, -0.1) is 5.11 Å². The molecule has 0 saturated heterocycles. The minimum atomic E-state index is -3.64. The van der Waals surface area contributed by atoms with E-state index in [1.54, 1.807) is 24.3 Å². The van der Waals surface area contributed by atoms with Gasteiger partial charge in [-0.3, -0.25) is 4.31 Å². The van der Waals surface area contributed by atoms with E-state index < -0.39 is 10.0 Å². The number of fused-ring (bicyclic) bond motifs is 1. The summed E-state index contributed by atoms with van der Waals surface area (Å²) < 4.78 is 27.6. The second-order valence-corrected chi connectivity index (χ2v) is 9.41. The van der Waals surface area contributed by atoms with E-state index in [2.05, 4.69) is 24.1 Å². The molecule has 0 aromatic heterocycles. The SMILES string of the molecule is CC(C)c1ccc(O)c(N=Nc2ccc(S(=O)(=O)N3CCc4ccccc43)cc2)c1. The van der Waals surface area contributed by atoms with Gasteiger partial charge in [0.15, 0.2) is 0 Å². The number of phenols is 1. The summed E-state index contributed by atoms with van der Waals surface area (Å²) in [5, 5.41) is 18.3. The lowest BCUT2D eigenvalue weighted by molar-refractivity contribution is 0.476. The third kappa shape index (κ3) is 3.80. The highest BCUT2D eigenvalue weighted by Crippen LogP contribution is 2.34. The van der Waals surface area contributed by atoms with Gasteiger partial charge in [-0.05, 0) is 65.9 Å².